The summed E-state index contributed by atoms with van der Waals surface area (Å²) in [5, 5.41) is 0. The Morgan fingerprint density at radius 1 is 0.759 bits per heavy atom. The quantitative estimate of drug-likeness (QED) is 0.0757. The molecule has 0 unspecified atom stereocenters. The fourth-order valence-electron chi connectivity index (χ4n) is 3.57. The molecular formula is C25H50ClO2P. The van der Waals surface area contributed by atoms with Crippen LogP contribution >= 0.6 is 17.2 Å². The average Bonchev–Trinajstić information content (AvgIpc) is 2.69. The molecule has 0 radical (unpaired) electrons. The molecule has 0 bridgehead atoms. The first-order valence-electron chi connectivity index (χ1n) is 12.3. The summed E-state index contributed by atoms with van der Waals surface area (Å²) >= 11 is 6.78. The summed E-state index contributed by atoms with van der Waals surface area (Å²) in [4.78, 5) is 10.9. The van der Waals surface area contributed by atoms with Crippen LogP contribution in [0.5, 0.6) is 0 Å². The second kappa shape index (κ2) is 17.6. The molecule has 0 aromatic carbocycles. The molecule has 29 heavy (non-hydrogen) atoms. The third-order valence-electron chi connectivity index (χ3n) is 6.13. The summed E-state index contributed by atoms with van der Waals surface area (Å²) in [6, 6.07) is 0. The Hall–Kier alpha value is -0.0700. The second-order valence-electron chi connectivity index (χ2n) is 9.58. The zero-order chi connectivity index (χ0) is 21.9. The number of carbonyl (C=O) groups is 1. The standard InChI is InChI=1S/C25H50ClO2P/c1-5-25(27)28-23-21-19-17-15-13-11-9-7-8-10-12-14-16-18-20-22-24-29(3,4,26)6-2/h5H,1,6-24H2,2-4H3. The van der Waals surface area contributed by atoms with Crippen molar-refractivity contribution in [2.45, 2.75) is 110 Å². The van der Waals surface area contributed by atoms with E-state index in [-0.39, 0.29) is 5.97 Å². The first-order chi connectivity index (χ1) is 13.8. The Labute approximate surface area is 187 Å². The number of halogens is 1. The molecule has 0 aliphatic rings. The minimum atomic E-state index is -1.80. The van der Waals surface area contributed by atoms with Crippen LogP contribution in [-0.4, -0.2) is 38.2 Å². The van der Waals surface area contributed by atoms with Gasteiger partial charge in [-0.3, -0.25) is 0 Å². The van der Waals surface area contributed by atoms with Crippen molar-refractivity contribution in [2.24, 2.45) is 0 Å². The van der Waals surface area contributed by atoms with Gasteiger partial charge in [-0.15, -0.1) is 0 Å². The van der Waals surface area contributed by atoms with E-state index in [1.54, 1.807) is 0 Å². The average molecular weight is 449 g/mol. The molecule has 174 valence electrons. The molecule has 0 saturated carbocycles. The predicted molar refractivity (Wildman–Crippen MR) is 135 cm³/mol. The second-order valence-corrected chi connectivity index (χ2v) is 19.1. The van der Waals surface area contributed by atoms with Crippen molar-refractivity contribution in [2.75, 3.05) is 32.3 Å². The minimum absolute atomic E-state index is 0.303. The van der Waals surface area contributed by atoms with Crippen LogP contribution in [0.4, 0.5) is 0 Å². The SMILES string of the molecule is C=CC(=O)OCCCCCCCCCCCCCCCCCCP(C)(C)(Cl)CC. The van der Waals surface area contributed by atoms with E-state index in [2.05, 4.69) is 26.8 Å². The number of ether oxygens (including phenoxy) is 1. The summed E-state index contributed by atoms with van der Waals surface area (Å²) in [6.07, 6.45) is 25.1. The van der Waals surface area contributed by atoms with Crippen molar-refractivity contribution in [1.82, 2.24) is 0 Å². The van der Waals surface area contributed by atoms with E-state index in [9.17, 15) is 4.79 Å². The maximum atomic E-state index is 10.9. The summed E-state index contributed by atoms with van der Waals surface area (Å²) in [5.74, 6) is -2.11. The van der Waals surface area contributed by atoms with Crippen LogP contribution in [0, 0.1) is 0 Å². The first-order valence-corrected chi connectivity index (χ1v) is 16.7. The van der Waals surface area contributed by atoms with Gasteiger partial charge in [0.05, 0.1) is 6.61 Å². The van der Waals surface area contributed by atoms with Crippen molar-refractivity contribution in [1.29, 1.82) is 0 Å². The van der Waals surface area contributed by atoms with E-state index in [0.29, 0.717) is 6.61 Å². The molecule has 4 heteroatoms. The zero-order valence-corrected chi connectivity index (χ0v) is 21.5. The molecule has 0 N–H and O–H groups in total. The van der Waals surface area contributed by atoms with Gasteiger partial charge in [0.25, 0.3) is 0 Å². The number of hydrogen-bond donors (Lipinski definition) is 0. The van der Waals surface area contributed by atoms with Crippen LogP contribution in [0.15, 0.2) is 12.7 Å². The van der Waals surface area contributed by atoms with Crippen molar-refractivity contribution in [3.8, 4) is 0 Å². The Bertz CT molecular complexity index is 415. The fraction of sp³-hybridized carbons (Fsp3) is 0.880. The molecule has 0 amide bonds. The zero-order valence-electron chi connectivity index (χ0n) is 19.9. The van der Waals surface area contributed by atoms with Crippen LogP contribution in [0.3, 0.4) is 0 Å². The summed E-state index contributed by atoms with van der Waals surface area (Å²) in [6.45, 7) is 10.8. The monoisotopic (exact) mass is 448 g/mol. The summed E-state index contributed by atoms with van der Waals surface area (Å²) in [7, 11) is 0. The van der Waals surface area contributed by atoms with Gasteiger partial charge < -0.3 is 4.74 Å². The maximum absolute atomic E-state index is 10.9. The van der Waals surface area contributed by atoms with E-state index >= 15 is 0 Å². The van der Waals surface area contributed by atoms with Gasteiger partial charge in [0, 0.05) is 6.08 Å². The molecule has 0 rings (SSSR count). The topological polar surface area (TPSA) is 26.3 Å². The van der Waals surface area contributed by atoms with Gasteiger partial charge in [-0.05, 0) is 6.42 Å². The Morgan fingerprint density at radius 3 is 1.45 bits per heavy atom. The van der Waals surface area contributed by atoms with E-state index in [1.807, 2.05) is 0 Å². The molecule has 0 aromatic rings. The summed E-state index contributed by atoms with van der Waals surface area (Å²) in [5.41, 5.74) is 0. The van der Waals surface area contributed by atoms with Gasteiger partial charge in [0.15, 0.2) is 0 Å². The molecule has 2 nitrogen and oxygen atoms in total. The van der Waals surface area contributed by atoms with Crippen molar-refractivity contribution in [3.63, 3.8) is 0 Å². The first kappa shape index (κ1) is 28.9. The predicted octanol–water partition coefficient (Wildman–Crippen LogP) is 8.94. The normalized spacial score (nSPS) is 13.0. The fourth-order valence-corrected chi connectivity index (χ4v) is 5.44. The van der Waals surface area contributed by atoms with E-state index in [4.69, 9.17) is 16.0 Å². The summed E-state index contributed by atoms with van der Waals surface area (Å²) < 4.78 is 4.97. The molecule has 0 heterocycles. The molecule has 0 fully saturated rings. The molecule has 0 aliphatic heterocycles. The third kappa shape index (κ3) is 21.0. The van der Waals surface area contributed by atoms with Gasteiger partial charge in [0.1, 0.15) is 0 Å². The third-order valence-corrected chi connectivity index (χ3v) is 11.0. The number of rotatable bonds is 21. The Balaban J connectivity index is 3.17. The van der Waals surface area contributed by atoms with Crippen LogP contribution in [0.25, 0.3) is 0 Å². The van der Waals surface area contributed by atoms with Gasteiger partial charge in [-0.2, -0.15) is 0 Å². The van der Waals surface area contributed by atoms with Crippen LogP contribution in [0.1, 0.15) is 110 Å². The van der Waals surface area contributed by atoms with Gasteiger partial charge in [-0.25, -0.2) is 4.79 Å². The van der Waals surface area contributed by atoms with Gasteiger partial charge in [-0.1, -0.05) is 32.3 Å². The van der Waals surface area contributed by atoms with Crippen LogP contribution in [0.2, 0.25) is 0 Å². The van der Waals surface area contributed by atoms with E-state index < -0.39 is 5.96 Å². The van der Waals surface area contributed by atoms with Crippen LogP contribution < -0.4 is 0 Å². The molecule has 0 atom stereocenters. The van der Waals surface area contributed by atoms with Crippen molar-refractivity contribution in [3.05, 3.63) is 12.7 Å². The molecule has 0 spiro atoms. The molecule has 0 aromatic heterocycles. The van der Waals surface area contributed by atoms with Crippen LogP contribution in [-0.2, 0) is 9.53 Å². The number of carbonyl (C=O) groups excluding carboxylic acids is 1. The molecule has 0 saturated heterocycles. The molecular weight excluding hydrogens is 399 g/mol. The number of hydrogen-bond acceptors (Lipinski definition) is 2. The Morgan fingerprint density at radius 2 is 1.10 bits per heavy atom. The van der Waals surface area contributed by atoms with E-state index in [0.717, 1.165) is 12.8 Å². The van der Waals surface area contributed by atoms with Gasteiger partial charge in [0.2, 0.25) is 0 Å². The van der Waals surface area contributed by atoms with E-state index in [1.165, 1.54) is 108 Å². The Kier molecular flexibility index (Phi) is 17.6. The molecule has 0 aliphatic carbocycles. The van der Waals surface area contributed by atoms with Gasteiger partial charge >= 0.3 is 126 Å². The van der Waals surface area contributed by atoms with Crippen molar-refractivity contribution < 1.29 is 9.53 Å². The van der Waals surface area contributed by atoms with Crippen molar-refractivity contribution >= 4 is 23.2 Å². The number of esters is 1. The number of unbranched alkanes of at least 4 members (excludes halogenated alkanes) is 15.